The number of amides is 2. The first kappa shape index (κ1) is 13.8. The van der Waals surface area contributed by atoms with E-state index in [4.69, 9.17) is 16.3 Å². The Kier molecular flexibility index (Phi) is 6.43. The predicted molar refractivity (Wildman–Crippen MR) is 69.6 cm³/mol. The highest BCUT2D eigenvalue weighted by molar-refractivity contribution is 6.30. The highest BCUT2D eigenvalue weighted by atomic mass is 35.5. The third-order valence-electron chi connectivity index (χ3n) is 2.04. The molecule has 0 aliphatic rings. The summed E-state index contributed by atoms with van der Waals surface area (Å²) >= 11 is 5.80. The molecule has 0 saturated carbocycles. The van der Waals surface area contributed by atoms with E-state index in [1.54, 1.807) is 24.3 Å². The maximum atomic E-state index is 11.5. The molecule has 2 N–H and O–H groups in total. The fourth-order valence-corrected chi connectivity index (χ4v) is 1.45. The topological polar surface area (TPSA) is 50.4 Å². The number of halogens is 1. The van der Waals surface area contributed by atoms with Gasteiger partial charge in [0, 0.05) is 30.5 Å². The predicted octanol–water partition coefficient (Wildman–Crippen LogP) is 2.89. The van der Waals surface area contributed by atoms with Gasteiger partial charge in [0.2, 0.25) is 0 Å². The van der Waals surface area contributed by atoms with Gasteiger partial charge < -0.3 is 15.4 Å². The van der Waals surface area contributed by atoms with Crippen molar-refractivity contribution >= 4 is 23.3 Å². The van der Waals surface area contributed by atoms with E-state index in [1.165, 1.54) is 0 Å². The standard InChI is InChI=1S/C12H17ClN2O2/c1-2-17-8-4-7-14-12(16)15-11-6-3-5-10(13)9-11/h3,5-6,9H,2,4,7-8H2,1H3,(H2,14,15,16). The minimum absolute atomic E-state index is 0.233. The van der Waals surface area contributed by atoms with Gasteiger partial charge in [-0.15, -0.1) is 0 Å². The van der Waals surface area contributed by atoms with Gasteiger partial charge in [0.05, 0.1) is 0 Å². The fraction of sp³-hybridized carbons (Fsp3) is 0.417. The number of ether oxygens (including phenoxy) is 1. The summed E-state index contributed by atoms with van der Waals surface area (Å²) in [5.74, 6) is 0. The summed E-state index contributed by atoms with van der Waals surface area (Å²) in [5, 5.41) is 6.03. The molecular weight excluding hydrogens is 240 g/mol. The van der Waals surface area contributed by atoms with Crippen LogP contribution in [-0.4, -0.2) is 25.8 Å². The average Bonchev–Trinajstić information content (AvgIpc) is 2.29. The minimum atomic E-state index is -0.233. The summed E-state index contributed by atoms with van der Waals surface area (Å²) in [6.07, 6.45) is 0.802. The molecule has 4 nitrogen and oxygen atoms in total. The fourth-order valence-electron chi connectivity index (χ4n) is 1.26. The lowest BCUT2D eigenvalue weighted by Gasteiger charge is -2.07. The smallest absolute Gasteiger partial charge is 0.319 e. The Morgan fingerprint density at radius 3 is 3.00 bits per heavy atom. The Hall–Kier alpha value is -1.26. The number of benzene rings is 1. The maximum Gasteiger partial charge on any atom is 0.319 e. The Morgan fingerprint density at radius 1 is 1.47 bits per heavy atom. The van der Waals surface area contributed by atoms with E-state index >= 15 is 0 Å². The largest absolute Gasteiger partial charge is 0.382 e. The van der Waals surface area contributed by atoms with Crippen LogP contribution in [0.15, 0.2) is 24.3 Å². The Labute approximate surface area is 106 Å². The number of urea groups is 1. The van der Waals surface area contributed by atoms with Gasteiger partial charge >= 0.3 is 6.03 Å². The van der Waals surface area contributed by atoms with E-state index in [0.29, 0.717) is 30.5 Å². The molecule has 0 aliphatic carbocycles. The molecular formula is C12H17ClN2O2. The van der Waals surface area contributed by atoms with E-state index in [1.807, 2.05) is 6.92 Å². The molecule has 5 heteroatoms. The van der Waals surface area contributed by atoms with E-state index in [-0.39, 0.29) is 6.03 Å². The molecule has 17 heavy (non-hydrogen) atoms. The molecule has 94 valence electrons. The Morgan fingerprint density at radius 2 is 2.29 bits per heavy atom. The van der Waals surface area contributed by atoms with Crippen molar-refractivity contribution in [3.8, 4) is 0 Å². The van der Waals surface area contributed by atoms with E-state index in [2.05, 4.69) is 10.6 Å². The first-order valence-corrected chi connectivity index (χ1v) is 5.98. The van der Waals surface area contributed by atoms with Gasteiger partial charge in [0.25, 0.3) is 0 Å². The number of hydrogen-bond acceptors (Lipinski definition) is 2. The van der Waals surface area contributed by atoms with Crippen molar-refractivity contribution in [2.45, 2.75) is 13.3 Å². The quantitative estimate of drug-likeness (QED) is 0.769. The molecule has 2 amide bonds. The second-order valence-corrected chi connectivity index (χ2v) is 3.88. The van der Waals surface area contributed by atoms with Crippen LogP contribution in [0.4, 0.5) is 10.5 Å². The summed E-state index contributed by atoms with van der Waals surface area (Å²) in [7, 11) is 0. The molecule has 1 aromatic rings. The normalized spacial score (nSPS) is 10.0. The van der Waals surface area contributed by atoms with Gasteiger partial charge in [-0.1, -0.05) is 17.7 Å². The number of nitrogens with one attached hydrogen (secondary N) is 2. The zero-order valence-electron chi connectivity index (χ0n) is 9.83. The average molecular weight is 257 g/mol. The molecule has 0 saturated heterocycles. The van der Waals surface area contributed by atoms with Crippen LogP contribution in [0.5, 0.6) is 0 Å². The van der Waals surface area contributed by atoms with Crippen molar-refractivity contribution < 1.29 is 9.53 Å². The molecule has 0 atom stereocenters. The lowest BCUT2D eigenvalue weighted by Crippen LogP contribution is -2.30. The summed E-state index contributed by atoms with van der Waals surface area (Å²) in [4.78, 5) is 11.5. The molecule has 0 heterocycles. The van der Waals surface area contributed by atoms with Gasteiger partial charge in [-0.3, -0.25) is 0 Å². The van der Waals surface area contributed by atoms with Crippen LogP contribution in [0, 0.1) is 0 Å². The SMILES string of the molecule is CCOCCCNC(=O)Nc1cccc(Cl)c1. The van der Waals surface area contributed by atoms with Crippen LogP contribution in [0.25, 0.3) is 0 Å². The van der Waals surface area contributed by atoms with Gasteiger partial charge in [-0.05, 0) is 31.5 Å². The van der Waals surface area contributed by atoms with E-state index < -0.39 is 0 Å². The summed E-state index contributed by atoms with van der Waals surface area (Å²) in [6.45, 7) is 3.90. The van der Waals surface area contributed by atoms with Crippen LogP contribution < -0.4 is 10.6 Å². The molecule has 0 radical (unpaired) electrons. The second kappa shape index (κ2) is 7.92. The molecule has 0 bridgehead atoms. The van der Waals surface area contributed by atoms with Gasteiger partial charge in [0.15, 0.2) is 0 Å². The number of rotatable bonds is 6. The van der Waals surface area contributed by atoms with Crippen LogP contribution >= 0.6 is 11.6 Å². The van der Waals surface area contributed by atoms with Crippen molar-refractivity contribution in [3.63, 3.8) is 0 Å². The van der Waals surface area contributed by atoms with Crippen molar-refractivity contribution in [3.05, 3.63) is 29.3 Å². The first-order valence-electron chi connectivity index (χ1n) is 5.60. The van der Waals surface area contributed by atoms with Crippen molar-refractivity contribution in [1.29, 1.82) is 0 Å². The summed E-state index contributed by atoms with van der Waals surface area (Å²) in [5.41, 5.74) is 0.680. The highest BCUT2D eigenvalue weighted by Crippen LogP contribution is 2.14. The van der Waals surface area contributed by atoms with Gasteiger partial charge in [-0.25, -0.2) is 4.79 Å². The third-order valence-corrected chi connectivity index (χ3v) is 2.27. The van der Waals surface area contributed by atoms with Crippen LogP contribution in [0.3, 0.4) is 0 Å². The van der Waals surface area contributed by atoms with E-state index in [9.17, 15) is 4.79 Å². The molecule has 0 aromatic heterocycles. The molecule has 1 rings (SSSR count). The molecule has 0 unspecified atom stereocenters. The number of hydrogen-bond donors (Lipinski definition) is 2. The summed E-state index contributed by atoms with van der Waals surface area (Å²) < 4.78 is 5.16. The zero-order chi connectivity index (χ0) is 12.5. The van der Waals surface area contributed by atoms with Gasteiger partial charge in [0.1, 0.15) is 0 Å². The van der Waals surface area contributed by atoms with Crippen LogP contribution in [0.2, 0.25) is 5.02 Å². The molecule has 0 spiro atoms. The maximum absolute atomic E-state index is 11.5. The van der Waals surface area contributed by atoms with Crippen molar-refractivity contribution in [2.24, 2.45) is 0 Å². The number of carbonyl (C=O) groups is 1. The molecule has 0 fully saturated rings. The lowest BCUT2D eigenvalue weighted by molar-refractivity contribution is 0.145. The molecule has 1 aromatic carbocycles. The monoisotopic (exact) mass is 256 g/mol. The Bertz CT molecular complexity index is 358. The number of anilines is 1. The first-order chi connectivity index (χ1) is 8.22. The van der Waals surface area contributed by atoms with Crippen LogP contribution in [-0.2, 0) is 4.74 Å². The van der Waals surface area contributed by atoms with E-state index in [0.717, 1.165) is 6.42 Å². The van der Waals surface area contributed by atoms with Crippen LogP contribution in [0.1, 0.15) is 13.3 Å². The Balaban J connectivity index is 2.21. The minimum Gasteiger partial charge on any atom is -0.382 e. The number of carbonyl (C=O) groups excluding carboxylic acids is 1. The van der Waals surface area contributed by atoms with Gasteiger partial charge in [-0.2, -0.15) is 0 Å². The molecule has 0 aliphatic heterocycles. The summed E-state index contributed by atoms with van der Waals surface area (Å²) in [6, 6.07) is 6.79. The highest BCUT2D eigenvalue weighted by Gasteiger charge is 2.00. The zero-order valence-corrected chi connectivity index (χ0v) is 10.6. The second-order valence-electron chi connectivity index (χ2n) is 3.44. The van der Waals surface area contributed by atoms with Crippen molar-refractivity contribution in [1.82, 2.24) is 5.32 Å². The third kappa shape index (κ3) is 6.14. The lowest BCUT2D eigenvalue weighted by atomic mass is 10.3. The van der Waals surface area contributed by atoms with Crippen molar-refractivity contribution in [2.75, 3.05) is 25.1 Å².